The Kier molecular flexibility index (Phi) is 6.55. The third-order valence-corrected chi connectivity index (χ3v) is 5.49. The number of alkyl halides is 3. The summed E-state index contributed by atoms with van der Waals surface area (Å²) in [6.07, 6.45) is -4.57. The number of sulfonamides is 1. The zero-order valence-electron chi connectivity index (χ0n) is 15.1. The number of carbonyl (C=O) groups is 1. The molecule has 0 aromatic heterocycles. The normalized spacial score (nSPS) is 11.8. The number of benzene rings is 2. The van der Waals surface area contributed by atoms with Crippen LogP contribution in [-0.4, -0.2) is 34.6 Å². The van der Waals surface area contributed by atoms with Gasteiger partial charge in [0, 0.05) is 0 Å². The van der Waals surface area contributed by atoms with Crippen LogP contribution in [0.1, 0.15) is 12.5 Å². The zero-order chi connectivity index (χ0) is 20.9. The van der Waals surface area contributed by atoms with E-state index in [-0.39, 0.29) is 10.6 Å². The average Bonchev–Trinajstić information content (AvgIpc) is 2.66. The van der Waals surface area contributed by atoms with Crippen LogP contribution in [0, 0.1) is 0 Å². The number of carbonyl (C=O) groups excluding carboxylic acids is 1. The Hall–Kier alpha value is -2.75. The summed E-state index contributed by atoms with van der Waals surface area (Å²) in [4.78, 5) is 11.6. The monoisotopic (exact) mass is 417 g/mol. The van der Waals surface area contributed by atoms with Crippen LogP contribution in [0.2, 0.25) is 0 Å². The number of methoxy groups -OCH3 is 1. The highest BCUT2D eigenvalue weighted by Gasteiger charge is 2.32. The minimum Gasteiger partial charge on any atom is -0.494 e. The summed E-state index contributed by atoms with van der Waals surface area (Å²) in [5.74, 6) is -0.412. The number of anilines is 1. The van der Waals surface area contributed by atoms with Gasteiger partial charge in [-0.3, -0.25) is 9.10 Å². The molecule has 0 fully saturated rings. The molecule has 2 rings (SSSR count). The van der Waals surface area contributed by atoms with Gasteiger partial charge in [0.1, 0.15) is 12.3 Å². The van der Waals surface area contributed by atoms with E-state index in [0.717, 1.165) is 31.4 Å². The summed E-state index contributed by atoms with van der Waals surface area (Å²) in [6, 6.07) is 8.92. The molecule has 0 aliphatic rings. The molecule has 0 aliphatic heterocycles. The first-order valence-electron chi connectivity index (χ1n) is 8.09. The lowest BCUT2D eigenvalue weighted by atomic mass is 10.2. The summed E-state index contributed by atoms with van der Waals surface area (Å²) in [6.45, 7) is 1.47. The van der Waals surface area contributed by atoms with Gasteiger partial charge in [-0.1, -0.05) is 0 Å². The number of ether oxygens (including phenoxy) is 2. The van der Waals surface area contributed by atoms with E-state index >= 15 is 0 Å². The summed E-state index contributed by atoms with van der Waals surface area (Å²) in [7, 11) is -3.16. The van der Waals surface area contributed by atoms with Crippen molar-refractivity contribution < 1.29 is 35.9 Å². The molecule has 2 aromatic rings. The molecule has 0 spiro atoms. The fourth-order valence-electron chi connectivity index (χ4n) is 2.32. The average molecular weight is 417 g/mol. The van der Waals surface area contributed by atoms with Crippen molar-refractivity contribution in [2.75, 3.05) is 24.6 Å². The molecule has 0 unspecified atom stereocenters. The molecule has 0 radical (unpaired) electrons. The van der Waals surface area contributed by atoms with E-state index < -0.39 is 34.3 Å². The molecule has 0 heterocycles. The van der Waals surface area contributed by atoms with Crippen molar-refractivity contribution in [1.82, 2.24) is 0 Å². The number of esters is 1. The lowest BCUT2D eigenvalue weighted by Crippen LogP contribution is -2.36. The molecule has 2 aromatic carbocycles. The van der Waals surface area contributed by atoms with E-state index in [4.69, 9.17) is 4.74 Å². The third kappa shape index (κ3) is 4.94. The molecule has 0 saturated heterocycles. The predicted octanol–water partition coefficient (Wildman–Crippen LogP) is 3.47. The van der Waals surface area contributed by atoms with E-state index in [1.54, 1.807) is 6.92 Å². The highest BCUT2D eigenvalue weighted by molar-refractivity contribution is 7.92. The molecule has 28 heavy (non-hydrogen) atoms. The maximum atomic E-state index is 13.0. The first-order chi connectivity index (χ1) is 13.1. The van der Waals surface area contributed by atoms with Crippen LogP contribution in [0.15, 0.2) is 53.4 Å². The highest BCUT2D eigenvalue weighted by atomic mass is 32.2. The van der Waals surface area contributed by atoms with Gasteiger partial charge in [-0.05, 0) is 55.5 Å². The van der Waals surface area contributed by atoms with Crippen molar-refractivity contribution >= 4 is 21.7 Å². The van der Waals surface area contributed by atoms with Crippen LogP contribution in [0.4, 0.5) is 18.9 Å². The molecule has 6 nitrogen and oxygen atoms in total. The second kappa shape index (κ2) is 8.51. The van der Waals surface area contributed by atoms with Gasteiger partial charge in [0.05, 0.1) is 29.9 Å². The molecule has 0 N–H and O–H groups in total. The van der Waals surface area contributed by atoms with Gasteiger partial charge in [0.15, 0.2) is 0 Å². The van der Waals surface area contributed by atoms with Crippen molar-refractivity contribution in [2.24, 2.45) is 0 Å². The van der Waals surface area contributed by atoms with E-state index in [1.165, 1.54) is 24.3 Å². The third-order valence-electron chi connectivity index (χ3n) is 3.71. The lowest BCUT2D eigenvalue weighted by molar-refractivity contribution is -0.139. The Labute approximate surface area is 160 Å². The number of halogens is 3. The first kappa shape index (κ1) is 21.5. The predicted molar refractivity (Wildman–Crippen MR) is 95.6 cm³/mol. The van der Waals surface area contributed by atoms with Gasteiger partial charge < -0.3 is 9.47 Å². The highest BCUT2D eigenvalue weighted by Crippen LogP contribution is 2.32. The molecular formula is C18H18F3NO5S. The summed E-state index contributed by atoms with van der Waals surface area (Å²) in [5.41, 5.74) is -1.04. The zero-order valence-corrected chi connectivity index (χ0v) is 15.9. The van der Waals surface area contributed by atoms with Crippen molar-refractivity contribution in [3.63, 3.8) is 0 Å². The van der Waals surface area contributed by atoms with Gasteiger partial charge in [0.2, 0.25) is 0 Å². The minimum atomic E-state index is -4.57. The molecule has 0 bridgehead atoms. The number of nitrogens with zero attached hydrogens (tertiary/aromatic N) is 1. The van der Waals surface area contributed by atoms with Gasteiger partial charge in [0.25, 0.3) is 10.0 Å². The molecule has 0 aliphatic carbocycles. The van der Waals surface area contributed by atoms with Crippen molar-refractivity contribution in [1.29, 1.82) is 0 Å². The molecule has 10 heteroatoms. The van der Waals surface area contributed by atoms with Crippen molar-refractivity contribution in [3.8, 4) is 5.75 Å². The van der Waals surface area contributed by atoms with Crippen molar-refractivity contribution in [2.45, 2.75) is 18.0 Å². The standard InChI is InChI=1S/C18H18F3NO5S/c1-3-27-15-8-10-16(11-9-15)28(24,25)22(12-17(23)26-2)14-6-4-13(5-7-14)18(19,20)21/h4-11H,3,12H2,1-2H3. The van der Waals surface area contributed by atoms with E-state index in [2.05, 4.69) is 4.74 Å². The van der Waals surface area contributed by atoms with Gasteiger partial charge in [-0.25, -0.2) is 8.42 Å². The Bertz CT molecular complexity index is 910. The summed E-state index contributed by atoms with van der Waals surface area (Å²) >= 11 is 0. The molecule has 0 amide bonds. The molecule has 0 saturated carbocycles. The van der Waals surface area contributed by atoms with E-state index in [0.29, 0.717) is 16.7 Å². The fourth-order valence-corrected chi connectivity index (χ4v) is 3.72. The van der Waals surface area contributed by atoms with Crippen molar-refractivity contribution in [3.05, 3.63) is 54.1 Å². The van der Waals surface area contributed by atoms with E-state index in [9.17, 15) is 26.4 Å². The lowest BCUT2D eigenvalue weighted by Gasteiger charge is -2.24. The number of rotatable bonds is 7. The molecule has 152 valence electrons. The van der Waals surface area contributed by atoms with Gasteiger partial charge in [-0.15, -0.1) is 0 Å². The Morgan fingerprint density at radius 2 is 1.61 bits per heavy atom. The second-order valence-electron chi connectivity index (χ2n) is 5.54. The first-order valence-corrected chi connectivity index (χ1v) is 9.53. The fraction of sp³-hybridized carbons (Fsp3) is 0.278. The van der Waals surface area contributed by atoms with Crippen LogP contribution < -0.4 is 9.04 Å². The molecule has 0 atom stereocenters. The second-order valence-corrected chi connectivity index (χ2v) is 7.40. The SMILES string of the molecule is CCOc1ccc(S(=O)(=O)N(CC(=O)OC)c2ccc(C(F)(F)F)cc2)cc1. The van der Waals surface area contributed by atoms with Gasteiger partial charge >= 0.3 is 12.1 Å². The van der Waals surface area contributed by atoms with Crippen LogP contribution >= 0.6 is 0 Å². The van der Waals surface area contributed by atoms with Crippen LogP contribution in [-0.2, 0) is 25.7 Å². The van der Waals surface area contributed by atoms with Crippen LogP contribution in [0.5, 0.6) is 5.75 Å². The summed E-state index contributed by atoms with van der Waals surface area (Å²) in [5, 5.41) is 0. The molecular weight excluding hydrogens is 399 g/mol. The Balaban J connectivity index is 2.45. The Morgan fingerprint density at radius 1 is 1.04 bits per heavy atom. The smallest absolute Gasteiger partial charge is 0.416 e. The number of hydrogen-bond donors (Lipinski definition) is 0. The topological polar surface area (TPSA) is 72.9 Å². The maximum absolute atomic E-state index is 13.0. The minimum absolute atomic E-state index is 0.104. The Morgan fingerprint density at radius 3 is 2.07 bits per heavy atom. The van der Waals surface area contributed by atoms with E-state index in [1.807, 2.05) is 0 Å². The van der Waals surface area contributed by atoms with Gasteiger partial charge in [-0.2, -0.15) is 13.2 Å². The largest absolute Gasteiger partial charge is 0.494 e. The van der Waals surface area contributed by atoms with Crippen LogP contribution in [0.3, 0.4) is 0 Å². The summed E-state index contributed by atoms with van der Waals surface area (Å²) < 4.78 is 74.7. The van der Waals surface area contributed by atoms with Crippen LogP contribution in [0.25, 0.3) is 0 Å². The quantitative estimate of drug-likeness (QED) is 0.645. The maximum Gasteiger partial charge on any atom is 0.416 e. The number of hydrogen-bond acceptors (Lipinski definition) is 5.